The van der Waals surface area contributed by atoms with Gasteiger partial charge in [0.25, 0.3) is 5.91 Å². The van der Waals surface area contributed by atoms with E-state index in [2.05, 4.69) is 0 Å². The molecule has 3 aliphatic heterocycles. The lowest BCUT2D eigenvalue weighted by Gasteiger charge is -2.27. The van der Waals surface area contributed by atoms with Gasteiger partial charge in [-0.2, -0.15) is 4.31 Å². The molecule has 2 fully saturated rings. The number of hydrogen-bond donors (Lipinski definition) is 0. The van der Waals surface area contributed by atoms with E-state index in [1.165, 1.54) is 10.4 Å². The van der Waals surface area contributed by atoms with Gasteiger partial charge in [-0.05, 0) is 48.7 Å². The molecule has 3 aliphatic rings. The molecule has 176 valence electrons. The van der Waals surface area contributed by atoms with E-state index in [9.17, 15) is 13.2 Å². The lowest BCUT2D eigenvalue weighted by molar-refractivity contribution is 0.0727. The van der Waals surface area contributed by atoms with Crippen LogP contribution in [0.2, 0.25) is 0 Å². The average molecular weight is 473 g/mol. The number of morpholine rings is 1. The summed E-state index contributed by atoms with van der Waals surface area (Å²) in [4.78, 5) is 15.4. The first-order valence-corrected chi connectivity index (χ1v) is 12.9. The minimum absolute atomic E-state index is 0.0887. The second kappa shape index (κ2) is 9.32. The summed E-state index contributed by atoms with van der Waals surface area (Å²) in [6.45, 7) is 3.25. The fraction of sp³-hybridized carbons (Fsp3) is 0.458. The molecule has 0 bridgehead atoms. The van der Waals surface area contributed by atoms with Crippen molar-refractivity contribution in [2.45, 2.75) is 30.2 Å². The van der Waals surface area contributed by atoms with Gasteiger partial charge in [0.05, 0.1) is 37.4 Å². The molecule has 0 aromatic heterocycles. The Bertz CT molecular complexity index is 1130. The van der Waals surface area contributed by atoms with Gasteiger partial charge in [0.2, 0.25) is 10.0 Å². The van der Waals surface area contributed by atoms with Crippen LogP contribution in [-0.4, -0.2) is 69.6 Å². The molecule has 0 spiro atoms. The maximum atomic E-state index is 13.5. The third-order valence-corrected chi connectivity index (χ3v) is 8.25. The average Bonchev–Trinajstić information content (AvgIpc) is 3.22. The summed E-state index contributed by atoms with van der Waals surface area (Å²) < 4.78 is 44.4. The predicted molar refractivity (Wildman–Crippen MR) is 121 cm³/mol. The molecular formula is C24H28N2O6S. The highest BCUT2D eigenvalue weighted by Crippen LogP contribution is 2.38. The number of amides is 1. The molecule has 1 amide bonds. The number of benzene rings is 2. The standard InChI is InChI=1S/C24H28N2O6S/c27-24(19-4-1-5-20(16-19)33(28,29)25-10-14-30-15-11-25)26-9-2-6-21(26)18-7-8-22-23(17-18)32-13-3-12-31-22/h1,4-5,7-8,16-17,21H,2-3,6,9-15H2/t21-/m1/s1. The quantitative estimate of drug-likeness (QED) is 0.680. The maximum Gasteiger partial charge on any atom is 0.254 e. The Balaban J connectivity index is 1.39. The first-order chi connectivity index (χ1) is 16.0. The van der Waals surface area contributed by atoms with E-state index >= 15 is 0 Å². The number of likely N-dealkylation sites (tertiary alicyclic amines) is 1. The van der Waals surface area contributed by atoms with Crippen molar-refractivity contribution in [1.29, 1.82) is 0 Å². The van der Waals surface area contributed by atoms with E-state index in [1.54, 1.807) is 18.2 Å². The molecule has 0 aliphatic carbocycles. The van der Waals surface area contributed by atoms with Crippen LogP contribution >= 0.6 is 0 Å². The van der Waals surface area contributed by atoms with Crippen molar-refractivity contribution >= 4 is 15.9 Å². The Labute approximate surface area is 194 Å². The topological polar surface area (TPSA) is 85.4 Å². The second-order valence-electron chi connectivity index (χ2n) is 8.46. The number of carbonyl (C=O) groups excluding carboxylic acids is 1. The Hall–Kier alpha value is -2.62. The van der Waals surface area contributed by atoms with E-state index in [0.717, 1.165) is 30.6 Å². The Morgan fingerprint density at radius 3 is 2.48 bits per heavy atom. The number of carbonyl (C=O) groups is 1. The van der Waals surface area contributed by atoms with Gasteiger partial charge >= 0.3 is 0 Å². The highest BCUT2D eigenvalue weighted by atomic mass is 32.2. The molecule has 9 heteroatoms. The van der Waals surface area contributed by atoms with Crippen molar-refractivity contribution in [3.05, 3.63) is 53.6 Å². The van der Waals surface area contributed by atoms with Crippen molar-refractivity contribution in [3.8, 4) is 11.5 Å². The molecule has 2 saturated heterocycles. The maximum absolute atomic E-state index is 13.5. The molecule has 0 unspecified atom stereocenters. The van der Waals surface area contributed by atoms with Crippen LogP contribution in [0.15, 0.2) is 47.4 Å². The fourth-order valence-electron chi connectivity index (χ4n) is 4.63. The minimum atomic E-state index is -3.67. The molecule has 1 atom stereocenters. The van der Waals surface area contributed by atoms with Crippen LogP contribution in [0.25, 0.3) is 0 Å². The third kappa shape index (κ3) is 4.45. The van der Waals surface area contributed by atoms with E-state index < -0.39 is 10.0 Å². The van der Waals surface area contributed by atoms with E-state index in [0.29, 0.717) is 57.4 Å². The van der Waals surface area contributed by atoms with Gasteiger partial charge in [-0.25, -0.2) is 8.42 Å². The first-order valence-electron chi connectivity index (χ1n) is 11.4. The van der Waals surface area contributed by atoms with Gasteiger partial charge in [-0.3, -0.25) is 4.79 Å². The van der Waals surface area contributed by atoms with E-state index in [1.807, 2.05) is 23.1 Å². The summed E-state index contributed by atoms with van der Waals surface area (Å²) in [5.74, 6) is 1.28. The zero-order valence-corrected chi connectivity index (χ0v) is 19.3. The van der Waals surface area contributed by atoms with Crippen LogP contribution in [0, 0.1) is 0 Å². The van der Waals surface area contributed by atoms with Crippen LogP contribution < -0.4 is 9.47 Å². The van der Waals surface area contributed by atoms with Crippen LogP contribution in [-0.2, 0) is 14.8 Å². The van der Waals surface area contributed by atoms with Crippen LogP contribution in [0.4, 0.5) is 0 Å². The fourth-order valence-corrected chi connectivity index (χ4v) is 6.09. The molecule has 5 rings (SSSR count). The van der Waals surface area contributed by atoms with Gasteiger partial charge in [0.1, 0.15) is 0 Å². The van der Waals surface area contributed by atoms with Crippen LogP contribution in [0.1, 0.15) is 41.2 Å². The molecule has 0 radical (unpaired) electrons. The Morgan fingerprint density at radius 1 is 0.879 bits per heavy atom. The number of ether oxygens (including phenoxy) is 3. The monoisotopic (exact) mass is 472 g/mol. The Kier molecular flexibility index (Phi) is 6.27. The van der Waals surface area contributed by atoms with Crippen molar-refractivity contribution < 1.29 is 27.4 Å². The number of rotatable bonds is 4. The summed E-state index contributed by atoms with van der Waals surface area (Å²) in [6.07, 6.45) is 2.57. The molecular weight excluding hydrogens is 444 g/mol. The molecule has 2 aromatic rings. The number of sulfonamides is 1. The molecule has 2 aromatic carbocycles. The van der Waals surface area contributed by atoms with Crippen molar-refractivity contribution in [1.82, 2.24) is 9.21 Å². The summed E-state index contributed by atoms with van der Waals surface area (Å²) in [5.41, 5.74) is 1.38. The van der Waals surface area contributed by atoms with Gasteiger partial charge in [-0.15, -0.1) is 0 Å². The molecule has 33 heavy (non-hydrogen) atoms. The van der Waals surface area contributed by atoms with Gasteiger partial charge in [0, 0.05) is 31.6 Å². The summed E-state index contributed by atoms with van der Waals surface area (Å²) in [7, 11) is -3.67. The summed E-state index contributed by atoms with van der Waals surface area (Å²) in [6, 6.07) is 12.1. The summed E-state index contributed by atoms with van der Waals surface area (Å²) in [5, 5.41) is 0. The molecule has 8 nitrogen and oxygen atoms in total. The third-order valence-electron chi connectivity index (χ3n) is 6.36. The zero-order chi connectivity index (χ0) is 22.8. The van der Waals surface area contributed by atoms with Gasteiger partial charge in [0.15, 0.2) is 11.5 Å². The van der Waals surface area contributed by atoms with Crippen molar-refractivity contribution in [2.24, 2.45) is 0 Å². The highest BCUT2D eigenvalue weighted by molar-refractivity contribution is 7.89. The lowest BCUT2D eigenvalue weighted by Crippen LogP contribution is -2.40. The second-order valence-corrected chi connectivity index (χ2v) is 10.4. The minimum Gasteiger partial charge on any atom is -0.490 e. The summed E-state index contributed by atoms with van der Waals surface area (Å²) >= 11 is 0. The molecule has 0 N–H and O–H groups in total. The zero-order valence-electron chi connectivity index (χ0n) is 18.4. The molecule has 0 saturated carbocycles. The van der Waals surface area contributed by atoms with Gasteiger partial charge < -0.3 is 19.1 Å². The lowest BCUT2D eigenvalue weighted by atomic mass is 10.0. The molecule has 3 heterocycles. The number of hydrogen-bond acceptors (Lipinski definition) is 6. The SMILES string of the molecule is O=C(c1cccc(S(=O)(=O)N2CCOCC2)c1)N1CCC[C@@H]1c1ccc2c(c1)OCCCO2. The normalized spacial score (nSPS) is 21.6. The first kappa shape index (κ1) is 22.2. The number of fused-ring (bicyclic) bond motifs is 1. The van der Waals surface area contributed by atoms with Crippen LogP contribution in [0.5, 0.6) is 11.5 Å². The van der Waals surface area contributed by atoms with Crippen LogP contribution in [0.3, 0.4) is 0 Å². The van der Waals surface area contributed by atoms with Gasteiger partial charge in [-0.1, -0.05) is 12.1 Å². The smallest absolute Gasteiger partial charge is 0.254 e. The Morgan fingerprint density at radius 2 is 1.67 bits per heavy atom. The van der Waals surface area contributed by atoms with E-state index in [4.69, 9.17) is 14.2 Å². The largest absolute Gasteiger partial charge is 0.490 e. The van der Waals surface area contributed by atoms with Crippen molar-refractivity contribution in [2.75, 3.05) is 46.1 Å². The predicted octanol–water partition coefficient (Wildman–Crippen LogP) is 2.85. The van der Waals surface area contributed by atoms with E-state index in [-0.39, 0.29) is 16.8 Å². The number of nitrogens with zero attached hydrogens (tertiary/aromatic N) is 2. The highest BCUT2D eigenvalue weighted by Gasteiger charge is 2.33. The van der Waals surface area contributed by atoms with Crippen molar-refractivity contribution in [3.63, 3.8) is 0 Å².